The van der Waals surface area contributed by atoms with E-state index >= 15 is 0 Å². The summed E-state index contributed by atoms with van der Waals surface area (Å²) in [7, 11) is 0. The highest BCUT2D eigenvalue weighted by atomic mass is 35.5. The molecule has 0 aliphatic carbocycles. The van der Waals surface area contributed by atoms with Gasteiger partial charge < -0.3 is 9.05 Å². The lowest BCUT2D eigenvalue weighted by Gasteiger charge is -2.02. The van der Waals surface area contributed by atoms with Gasteiger partial charge in [-0.3, -0.25) is 0 Å². The van der Waals surface area contributed by atoms with Gasteiger partial charge in [0.25, 0.3) is 11.8 Å². The Balaban J connectivity index is 1.36. The van der Waals surface area contributed by atoms with Crippen molar-refractivity contribution in [3.8, 4) is 0 Å². The first kappa shape index (κ1) is 23.7. The Morgan fingerprint density at radius 1 is 0.536 bits per heavy atom. The minimum Gasteiger partial charge on any atom is -0.336 e. The minimum absolute atomic E-state index is 0.277. The fourth-order valence-electron chi connectivity index (χ4n) is 2.90. The Hall–Kier alpha value is -0.560. The van der Waals surface area contributed by atoms with Crippen LogP contribution in [-0.2, 0) is 12.8 Å². The van der Waals surface area contributed by atoms with Crippen molar-refractivity contribution < 1.29 is 9.05 Å². The van der Waals surface area contributed by atoms with Gasteiger partial charge in [0.15, 0.2) is 21.3 Å². The second-order valence-corrected chi connectivity index (χ2v) is 8.93. The standard InChI is InChI=1S/C18H26Cl4N4O2/c19-15(20)17-23-13(25-27-17)11-9-7-5-3-1-2-4-6-8-10-12-14-24-18(16(21)22)28-26-14/h15-16H,1-12H2. The van der Waals surface area contributed by atoms with Crippen LogP contribution in [-0.4, -0.2) is 20.3 Å². The maximum absolute atomic E-state index is 5.68. The third-order valence-corrected chi connectivity index (χ3v) is 5.14. The van der Waals surface area contributed by atoms with Crippen LogP contribution in [0.15, 0.2) is 9.05 Å². The highest BCUT2D eigenvalue weighted by Gasteiger charge is 2.13. The number of rotatable bonds is 15. The van der Waals surface area contributed by atoms with Crippen molar-refractivity contribution in [1.29, 1.82) is 0 Å². The number of hydrogen-bond donors (Lipinski definition) is 0. The van der Waals surface area contributed by atoms with Crippen molar-refractivity contribution in [1.82, 2.24) is 20.3 Å². The van der Waals surface area contributed by atoms with Gasteiger partial charge >= 0.3 is 0 Å². The zero-order valence-corrected chi connectivity index (χ0v) is 18.8. The zero-order valence-electron chi connectivity index (χ0n) is 15.8. The maximum Gasteiger partial charge on any atom is 0.259 e. The van der Waals surface area contributed by atoms with Crippen LogP contribution in [0.1, 0.15) is 97.3 Å². The molecule has 10 heteroatoms. The lowest BCUT2D eigenvalue weighted by molar-refractivity contribution is 0.381. The van der Waals surface area contributed by atoms with Crippen LogP contribution < -0.4 is 0 Å². The van der Waals surface area contributed by atoms with Crippen molar-refractivity contribution in [2.24, 2.45) is 0 Å². The predicted octanol–water partition coefficient (Wildman–Crippen LogP) is 7.09. The van der Waals surface area contributed by atoms with E-state index in [-0.39, 0.29) is 11.8 Å². The first-order chi connectivity index (χ1) is 13.6. The van der Waals surface area contributed by atoms with Crippen LogP contribution in [0, 0.1) is 0 Å². The molecule has 0 aliphatic heterocycles. The molecule has 6 nitrogen and oxygen atoms in total. The Labute approximate surface area is 185 Å². The Kier molecular flexibility index (Phi) is 11.5. The quantitative estimate of drug-likeness (QED) is 0.203. The van der Waals surface area contributed by atoms with E-state index < -0.39 is 9.67 Å². The second-order valence-electron chi connectivity index (χ2n) is 6.73. The van der Waals surface area contributed by atoms with Crippen LogP contribution >= 0.6 is 46.4 Å². The third-order valence-electron chi connectivity index (χ3n) is 4.39. The first-order valence-electron chi connectivity index (χ1n) is 9.77. The topological polar surface area (TPSA) is 77.8 Å². The van der Waals surface area contributed by atoms with E-state index in [1.165, 1.54) is 51.4 Å². The van der Waals surface area contributed by atoms with E-state index in [1.54, 1.807) is 0 Å². The summed E-state index contributed by atoms with van der Waals surface area (Å²) < 4.78 is 9.93. The number of aryl methyl sites for hydroxylation is 2. The fraction of sp³-hybridized carbons (Fsp3) is 0.778. The molecule has 2 aromatic rings. The molecule has 0 radical (unpaired) electrons. The van der Waals surface area contributed by atoms with Crippen molar-refractivity contribution in [2.75, 3.05) is 0 Å². The highest BCUT2D eigenvalue weighted by Crippen LogP contribution is 2.23. The van der Waals surface area contributed by atoms with Gasteiger partial charge in [-0.1, -0.05) is 108 Å². The summed E-state index contributed by atoms with van der Waals surface area (Å²) in [4.78, 5) is 6.81. The van der Waals surface area contributed by atoms with E-state index in [2.05, 4.69) is 20.3 Å². The van der Waals surface area contributed by atoms with Gasteiger partial charge in [0.1, 0.15) is 0 Å². The monoisotopic (exact) mass is 470 g/mol. The minimum atomic E-state index is -0.748. The lowest BCUT2D eigenvalue weighted by atomic mass is 10.0. The van der Waals surface area contributed by atoms with Gasteiger partial charge in [0.05, 0.1) is 0 Å². The summed E-state index contributed by atoms with van der Waals surface area (Å²) in [5.74, 6) is 1.92. The van der Waals surface area contributed by atoms with E-state index in [0.717, 1.165) is 25.7 Å². The molecule has 2 heterocycles. The number of aromatic nitrogens is 4. The number of unbranched alkanes of at least 4 members (excludes halogenated alkanes) is 9. The molecule has 0 N–H and O–H groups in total. The molecule has 0 saturated carbocycles. The Morgan fingerprint density at radius 2 is 0.857 bits per heavy atom. The molecule has 2 rings (SSSR count). The normalized spacial score (nSPS) is 11.8. The first-order valence-corrected chi connectivity index (χ1v) is 11.5. The van der Waals surface area contributed by atoms with Crippen LogP contribution in [0.3, 0.4) is 0 Å². The van der Waals surface area contributed by atoms with Gasteiger partial charge in [-0.05, 0) is 12.8 Å². The predicted molar refractivity (Wildman–Crippen MR) is 111 cm³/mol. The Bertz CT molecular complexity index is 607. The second kappa shape index (κ2) is 13.6. The van der Waals surface area contributed by atoms with E-state index in [4.69, 9.17) is 55.4 Å². The molecule has 0 atom stereocenters. The molecule has 0 unspecified atom stereocenters. The summed E-state index contributed by atoms with van der Waals surface area (Å²) in [6, 6.07) is 0. The SMILES string of the molecule is ClC(Cl)c1nc(CCCCCCCCCCCCc2noc(C(Cl)Cl)n2)no1. The van der Waals surface area contributed by atoms with E-state index in [0.29, 0.717) is 11.6 Å². The van der Waals surface area contributed by atoms with Gasteiger partial charge in [0, 0.05) is 12.8 Å². The van der Waals surface area contributed by atoms with E-state index in [1.807, 2.05) is 0 Å². The summed E-state index contributed by atoms with van der Waals surface area (Å²) in [5.41, 5.74) is 0. The zero-order chi connectivity index (χ0) is 20.2. The molecule has 158 valence electrons. The summed E-state index contributed by atoms with van der Waals surface area (Å²) in [6.45, 7) is 0. The summed E-state index contributed by atoms with van der Waals surface area (Å²) in [6.07, 6.45) is 13.7. The number of nitrogens with zero attached hydrogens (tertiary/aromatic N) is 4. The Morgan fingerprint density at radius 3 is 1.14 bits per heavy atom. The molecular formula is C18H26Cl4N4O2. The molecule has 0 amide bonds. The molecule has 0 aliphatic rings. The summed E-state index contributed by atoms with van der Waals surface area (Å²) in [5, 5.41) is 7.74. The van der Waals surface area contributed by atoms with Crippen molar-refractivity contribution in [2.45, 2.75) is 86.7 Å². The van der Waals surface area contributed by atoms with Gasteiger partial charge in [-0.25, -0.2) is 0 Å². The molecule has 0 aromatic carbocycles. The molecular weight excluding hydrogens is 446 g/mol. The van der Waals surface area contributed by atoms with E-state index in [9.17, 15) is 0 Å². The molecule has 0 spiro atoms. The van der Waals surface area contributed by atoms with Crippen LogP contribution in [0.5, 0.6) is 0 Å². The van der Waals surface area contributed by atoms with Crippen molar-refractivity contribution in [3.05, 3.63) is 23.4 Å². The molecule has 28 heavy (non-hydrogen) atoms. The number of alkyl halides is 4. The average Bonchev–Trinajstić information content (AvgIpc) is 3.32. The smallest absolute Gasteiger partial charge is 0.259 e. The molecule has 0 saturated heterocycles. The largest absolute Gasteiger partial charge is 0.336 e. The summed E-state index contributed by atoms with van der Waals surface area (Å²) >= 11 is 22.7. The third kappa shape index (κ3) is 9.29. The van der Waals surface area contributed by atoms with Crippen LogP contribution in [0.2, 0.25) is 0 Å². The van der Waals surface area contributed by atoms with Gasteiger partial charge in [-0.15, -0.1) is 0 Å². The highest BCUT2D eigenvalue weighted by molar-refractivity contribution is 6.44. The number of halogens is 4. The molecule has 2 aromatic heterocycles. The maximum atomic E-state index is 5.68. The van der Waals surface area contributed by atoms with Crippen molar-refractivity contribution >= 4 is 46.4 Å². The van der Waals surface area contributed by atoms with Crippen LogP contribution in [0.25, 0.3) is 0 Å². The average molecular weight is 472 g/mol. The van der Waals surface area contributed by atoms with Crippen molar-refractivity contribution in [3.63, 3.8) is 0 Å². The molecule has 0 fully saturated rings. The lowest BCUT2D eigenvalue weighted by Crippen LogP contribution is -1.90. The van der Waals surface area contributed by atoms with Gasteiger partial charge in [-0.2, -0.15) is 9.97 Å². The number of hydrogen-bond acceptors (Lipinski definition) is 6. The van der Waals surface area contributed by atoms with Crippen LogP contribution in [0.4, 0.5) is 0 Å². The van der Waals surface area contributed by atoms with Gasteiger partial charge in [0.2, 0.25) is 0 Å². The fourth-order valence-corrected chi connectivity index (χ4v) is 3.25. The molecule has 0 bridgehead atoms.